The van der Waals surface area contributed by atoms with Gasteiger partial charge in [0.1, 0.15) is 11.4 Å². The molecule has 0 aliphatic carbocycles. The van der Waals surface area contributed by atoms with Crippen molar-refractivity contribution in [2.24, 2.45) is 5.41 Å². The van der Waals surface area contributed by atoms with E-state index in [9.17, 15) is 14.7 Å². The third kappa shape index (κ3) is 3.35. The van der Waals surface area contributed by atoms with E-state index in [-0.39, 0.29) is 16.9 Å². The van der Waals surface area contributed by atoms with Gasteiger partial charge in [-0.25, -0.2) is 9.78 Å². The van der Waals surface area contributed by atoms with Crippen molar-refractivity contribution >= 4 is 17.7 Å². The Morgan fingerprint density at radius 1 is 1.14 bits per heavy atom. The number of aromatic nitrogens is 1. The van der Waals surface area contributed by atoms with Gasteiger partial charge in [-0.2, -0.15) is 0 Å². The standard InChI is InChI=1S/C22H25N3O3/c1-2-24-15-22(14-19(24)26)10-12-25(13-11-22)20-17(21(27)28)8-9-18(23-20)16-6-4-3-5-7-16/h3-9H,2,10-15H2,1H3,(H,27,28). The molecule has 2 saturated heterocycles. The number of likely N-dealkylation sites (tertiary alicyclic amines) is 1. The van der Waals surface area contributed by atoms with Crippen molar-refractivity contribution in [1.29, 1.82) is 0 Å². The minimum atomic E-state index is -0.962. The van der Waals surface area contributed by atoms with E-state index in [1.807, 2.05) is 42.2 Å². The Balaban J connectivity index is 1.59. The van der Waals surface area contributed by atoms with E-state index >= 15 is 0 Å². The van der Waals surface area contributed by atoms with E-state index in [0.717, 1.165) is 50.3 Å². The first kappa shape index (κ1) is 18.5. The van der Waals surface area contributed by atoms with Gasteiger partial charge in [0, 0.05) is 43.6 Å². The SMILES string of the molecule is CCN1CC2(CCN(c3nc(-c4ccccc4)ccc3C(=O)O)CC2)CC1=O. The third-order valence-corrected chi connectivity index (χ3v) is 6.09. The summed E-state index contributed by atoms with van der Waals surface area (Å²) in [6.07, 6.45) is 2.37. The number of anilines is 1. The van der Waals surface area contributed by atoms with Gasteiger partial charge in [0.2, 0.25) is 5.91 Å². The van der Waals surface area contributed by atoms with Crippen LogP contribution in [0.3, 0.4) is 0 Å². The van der Waals surface area contributed by atoms with Crippen molar-refractivity contribution in [3.63, 3.8) is 0 Å². The molecule has 6 heteroatoms. The third-order valence-electron chi connectivity index (χ3n) is 6.09. The van der Waals surface area contributed by atoms with Crippen LogP contribution in [0.5, 0.6) is 0 Å². The lowest BCUT2D eigenvalue weighted by Gasteiger charge is -2.39. The van der Waals surface area contributed by atoms with E-state index in [1.165, 1.54) is 0 Å². The summed E-state index contributed by atoms with van der Waals surface area (Å²) >= 11 is 0. The molecule has 2 aliphatic rings. The Bertz CT molecular complexity index is 889. The number of hydrogen-bond acceptors (Lipinski definition) is 4. The van der Waals surface area contributed by atoms with Crippen LogP contribution in [0.2, 0.25) is 0 Å². The number of rotatable bonds is 4. The molecule has 0 atom stereocenters. The summed E-state index contributed by atoms with van der Waals surface area (Å²) in [5.41, 5.74) is 2.00. The van der Waals surface area contributed by atoms with Gasteiger partial charge >= 0.3 is 5.97 Å². The van der Waals surface area contributed by atoms with Crippen LogP contribution in [0.4, 0.5) is 5.82 Å². The lowest BCUT2D eigenvalue weighted by molar-refractivity contribution is -0.127. The van der Waals surface area contributed by atoms with Gasteiger partial charge in [-0.3, -0.25) is 4.79 Å². The Morgan fingerprint density at radius 2 is 1.86 bits per heavy atom. The van der Waals surface area contributed by atoms with Crippen LogP contribution < -0.4 is 4.90 Å². The molecule has 1 spiro atoms. The second kappa shape index (κ2) is 7.26. The minimum Gasteiger partial charge on any atom is -0.478 e. The van der Waals surface area contributed by atoms with Gasteiger partial charge in [-0.05, 0) is 31.9 Å². The first-order valence-electron chi connectivity index (χ1n) is 9.84. The lowest BCUT2D eigenvalue weighted by Crippen LogP contribution is -2.42. The zero-order valence-electron chi connectivity index (χ0n) is 16.1. The molecule has 1 N–H and O–H groups in total. The lowest BCUT2D eigenvalue weighted by atomic mass is 9.77. The van der Waals surface area contributed by atoms with Gasteiger partial charge in [-0.1, -0.05) is 30.3 Å². The molecule has 0 radical (unpaired) electrons. The molecule has 2 aromatic rings. The average Bonchev–Trinajstić information content (AvgIpc) is 3.03. The molecule has 3 heterocycles. The zero-order valence-corrected chi connectivity index (χ0v) is 16.1. The van der Waals surface area contributed by atoms with Gasteiger partial charge < -0.3 is 14.9 Å². The van der Waals surface area contributed by atoms with Crippen LogP contribution in [0.1, 0.15) is 36.5 Å². The Morgan fingerprint density at radius 3 is 2.46 bits per heavy atom. The van der Waals surface area contributed by atoms with Crippen LogP contribution in [0, 0.1) is 5.41 Å². The van der Waals surface area contributed by atoms with Gasteiger partial charge in [-0.15, -0.1) is 0 Å². The number of aromatic carboxylic acids is 1. The van der Waals surface area contributed by atoms with Crippen molar-refractivity contribution in [3.05, 3.63) is 48.0 Å². The second-order valence-electron chi connectivity index (χ2n) is 7.81. The molecule has 0 unspecified atom stereocenters. The fourth-order valence-electron chi connectivity index (χ4n) is 4.42. The minimum absolute atomic E-state index is 0.0318. The summed E-state index contributed by atoms with van der Waals surface area (Å²) < 4.78 is 0. The predicted octanol–water partition coefficient (Wildman–Crippen LogP) is 3.29. The number of pyridine rings is 1. The highest BCUT2D eigenvalue weighted by Gasteiger charge is 2.44. The number of piperidine rings is 1. The number of carboxylic acid groups (broad SMARTS) is 1. The van der Waals surface area contributed by atoms with E-state index in [0.29, 0.717) is 12.2 Å². The van der Waals surface area contributed by atoms with Crippen molar-refractivity contribution in [2.45, 2.75) is 26.2 Å². The molecule has 1 aromatic carbocycles. The highest BCUT2D eigenvalue weighted by molar-refractivity contribution is 5.94. The number of benzene rings is 1. The Hall–Kier alpha value is -2.89. The summed E-state index contributed by atoms with van der Waals surface area (Å²) in [6.45, 7) is 5.03. The van der Waals surface area contributed by atoms with Crippen LogP contribution in [-0.2, 0) is 4.79 Å². The number of hydrogen-bond donors (Lipinski definition) is 1. The molecule has 146 valence electrons. The first-order valence-corrected chi connectivity index (χ1v) is 9.84. The van der Waals surface area contributed by atoms with Crippen molar-refractivity contribution in [2.75, 3.05) is 31.1 Å². The number of carbonyl (C=O) groups is 2. The molecule has 0 bridgehead atoms. The topological polar surface area (TPSA) is 73.7 Å². The largest absolute Gasteiger partial charge is 0.478 e. The van der Waals surface area contributed by atoms with E-state index in [4.69, 9.17) is 4.98 Å². The highest BCUT2D eigenvalue weighted by atomic mass is 16.4. The molecule has 1 aromatic heterocycles. The van der Waals surface area contributed by atoms with E-state index in [1.54, 1.807) is 12.1 Å². The molecule has 0 saturated carbocycles. The van der Waals surface area contributed by atoms with E-state index < -0.39 is 5.97 Å². The van der Waals surface area contributed by atoms with E-state index in [2.05, 4.69) is 4.90 Å². The number of amides is 1. The maximum absolute atomic E-state index is 12.2. The van der Waals surface area contributed by atoms with Crippen LogP contribution >= 0.6 is 0 Å². The van der Waals surface area contributed by atoms with Crippen LogP contribution in [0.15, 0.2) is 42.5 Å². The summed E-state index contributed by atoms with van der Waals surface area (Å²) in [4.78, 5) is 32.7. The molecule has 1 amide bonds. The van der Waals surface area contributed by atoms with Crippen molar-refractivity contribution in [3.8, 4) is 11.3 Å². The first-order chi connectivity index (χ1) is 13.5. The second-order valence-corrected chi connectivity index (χ2v) is 7.81. The Labute approximate surface area is 164 Å². The van der Waals surface area contributed by atoms with Gasteiger partial charge in [0.25, 0.3) is 0 Å². The smallest absolute Gasteiger partial charge is 0.339 e. The zero-order chi connectivity index (χ0) is 19.7. The molecular formula is C22H25N3O3. The van der Waals surface area contributed by atoms with Gasteiger partial charge in [0.15, 0.2) is 0 Å². The summed E-state index contributed by atoms with van der Waals surface area (Å²) in [5.74, 6) is -0.192. The van der Waals surface area contributed by atoms with Gasteiger partial charge in [0.05, 0.1) is 5.69 Å². The summed E-state index contributed by atoms with van der Waals surface area (Å²) in [5, 5.41) is 9.65. The van der Waals surface area contributed by atoms with Crippen molar-refractivity contribution < 1.29 is 14.7 Å². The molecule has 4 rings (SSSR count). The van der Waals surface area contributed by atoms with Crippen LogP contribution in [-0.4, -0.2) is 53.0 Å². The Kier molecular flexibility index (Phi) is 4.79. The van der Waals surface area contributed by atoms with Crippen LogP contribution in [0.25, 0.3) is 11.3 Å². The maximum atomic E-state index is 12.2. The number of carboxylic acids is 1. The fraction of sp³-hybridized carbons (Fsp3) is 0.409. The normalized spacial score (nSPS) is 18.7. The highest BCUT2D eigenvalue weighted by Crippen LogP contribution is 2.42. The van der Waals surface area contributed by atoms with Crippen molar-refractivity contribution in [1.82, 2.24) is 9.88 Å². The molecular weight excluding hydrogens is 354 g/mol. The molecule has 6 nitrogen and oxygen atoms in total. The molecule has 28 heavy (non-hydrogen) atoms. The number of carbonyl (C=O) groups excluding carboxylic acids is 1. The quantitative estimate of drug-likeness (QED) is 0.882. The summed E-state index contributed by atoms with van der Waals surface area (Å²) in [7, 11) is 0. The molecule has 2 aliphatic heterocycles. The fourth-order valence-corrected chi connectivity index (χ4v) is 4.42. The summed E-state index contributed by atoms with van der Waals surface area (Å²) in [6, 6.07) is 13.2. The molecule has 2 fully saturated rings. The monoisotopic (exact) mass is 379 g/mol. The average molecular weight is 379 g/mol. The maximum Gasteiger partial charge on any atom is 0.339 e. The predicted molar refractivity (Wildman–Crippen MR) is 107 cm³/mol. The number of nitrogens with zero attached hydrogens (tertiary/aromatic N) is 3.